The van der Waals surface area contributed by atoms with E-state index in [0.29, 0.717) is 10.7 Å². The zero-order valence-corrected chi connectivity index (χ0v) is 11.6. The number of nitrogens with one attached hydrogen (secondary N) is 1. The van der Waals surface area contributed by atoms with Gasteiger partial charge in [-0.1, -0.05) is 23.7 Å². The Hall–Kier alpha value is -1.55. The Balaban J connectivity index is 1.80. The van der Waals surface area contributed by atoms with Crippen LogP contribution in [0.2, 0.25) is 5.02 Å². The highest BCUT2D eigenvalue weighted by atomic mass is 35.5. The van der Waals surface area contributed by atoms with Gasteiger partial charge in [0.2, 0.25) is 5.91 Å². The third-order valence-corrected chi connectivity index (χ3v) is 4.97. The number of aliphatic carboxylic acids is 1. The van der Waals surface area contributed by atoms with Gasteiger partial charge in [0.25, 0.3) is 0 Å². The van der Waals surface area contributed by atoms with E-state index >= 15 is 0 Å². The Labute approximate surface area is 122 Å². The Morgan fingerprint density at radius 1 is 1.15 bits per heavy atom. The molecule has 2 bridgehead atoms. The summed E-state index contributed by atoms with van der Waals surface area (Å²) < 4.78 is 0. The van der Waals surface area contributed by atoms with Gasteiger partial charge < -0.3 is 10.4 Å². The Kier molecular flexibility index (Phi) is 3.42. The van der Waals surface area contributed by atoms with E-state index in [2.05, 4.69) is 5.32 Å². The Morgan fingerprint density at radius 2 is 1.80 bits per heavy atom. The van der Waals surface area contributed by atoms with Crippen LogP contribution in [0.15, 0.2) is 24.3 Å². The highest BCUT2D eigenvalue weighted by Crippen LogP contribution is 2.52. The first-order valence-corrected chi connectivity index (χ1v) is 7.24. The fraction of sp³-hybridized carbons (Fsp3) is 0.467. The van der Waals surface area contributed by atoms with Crippen LogP contribution in [0.25, 0.3) is 0 Å². The summed E-state index contributed by atoms with van der Waals surface area (Å²) >= 11 is 6.02. The number of hydrogen-bond acceptors (Lipinski definition) is 2. The highest BCUT2D eigenvalue weighted by Gasteiger charge is 2.53. The topological polar surface area (TPSA) is 66.4 Å². The number of benzene rings is 1. The predicted octanol–water partition coefficient (Wildman–Crippen LogP) is 3.03. The van der Waals surface area contributed by atoms with E-state index in [1.807, 2.05) is 0 Å². The molecule has 20 heavy (non-hydrogen) atoms. The molecule has 0 aliphatic heterocycles. The minimum Gasteiger partial charge on any atom is -0.481 e. The van der Waals surface area contributed by atoms with Crippen LogP contribution in [0.1, 0.15) is 19.3 Å². The van der Waals surface area contributed by atoms with Crippen molar-refractivity contribution in [2.45, 2.75) is 19.3 Å². The molecule has 0 spiro atoms. The fourth-order valence-electron chi connectivity index (χ4n) is 3.80. The molecule has 5 heteroatoms. The van der Waals surface area contributed by atoms with Crippen LogP contribution in [0.4, 0.5) is 5.69 Å². The first-order chi connectivity index (χ1) is 9.58. The van der Waals surface area contributed by atoms with Crippen molar-refractivity contribution < 1.29 is 14.7 Å². The summed E-state index contributed by atoms with van der Waals surface area (Å²) in [6.45, 7) is 0. The van der Waals surface area contributed by atoms with Gasteiger partial charge in [0, 0.05) is 0 Å². The molecule has 106 valence electrons. The number of halogens is 1. The molecule has 4 nitrogen and oxygen atoms in total. The number of amides is 1. The second-order valence-corrected chi connectivity index (χ2v) is 6.10. The third-order valence-electron chi connectivity index (χ3n) is 4.64. The van der Waals surface area contributed by atoms with Crippen molar-refractivity contribution in [3.63, 3.8) is 0 Å². The van der Waals surface area contributed by atoms with Crippen LogP contribution in [0.3, 0.4) is 0 Å². The van der Waals surface area contributed by atoms with Crippen molar-refractivity contribution in [1.82, 2.24) is 0 Å². The van der Waals surface area contributed by atoms with E-state index in [-0.39, 0.29) is 17.7 Å². The number of anilines is 1. The van der Waals surface area contributed by atoms with Gasteiger partial charge in [0.15, 0.2) is 0 Å². The van der Waals surface area contributed by atoms with E-state index < -0.39 is 17.8 Å². The minimum atomic E-state index is -0.850. The van der Waals surface area contributed by atoms with Gasteiger partial charge in [-0.3, -0.25) is 9.59 Å². The fourth-order valence-corrected chi connectivity index (χ4v) is 3.99. The second kappa shape index (κ2) is 5.09. The van der Waals surface area contributed by atoms with Crippen molar-refractivity contribution in [2.24, 2.45) is 23.7 Å². The molecule has 0 aromatic heterocycles. The van der Waals surface area contributed by atoms with E-state index in [0.717, 1.165) is 19.3 Å². The molecule has 0 unspecified atom stereocenters. The van der Waals surface area contributed by atoms with E-state index in [1.165, 1.54) is 0 Å². The largest absolute Gasteiger partial charge is 0.481 e. The molecule has 2 aliphatic carbocycles. The zero-order chi connectivity index (χ0) is 14.3. The smallest absolute Gasteiger partial charge is 0.307 e. The minimum absolute atomic E-state index is 0.152. The number of carbonyl (C=O) groups is 2. The van der Waals surface area contributed by atoms with Crippen LogP contribution >= 0.6 is 11.6 Å². The van der Waals surface area contributed by atoms with Gasteiger partial charge in [0.05, 0.1) is 22.5 Å². The molecule has 2 fully saturated rings. The van der Waals surface area contributed by atoms with Crippen molar-refractivity contribution in [3.8, 4) is 0 Å². The molecule has 0 saturated heterocycles. The molecule has 1 aromatic rings. The summed E-state index contributed by atoms with van der Waals surface area (Å²) in [7, 11) is 0. The maximum atomic E-state index is 12.4. The monoisotopic (exact) mass is 293 g/mol. The summed E-state index contributed by atoms with van der Waals surface area (Å²) in [6.07, 6.45) is 2.74. The van der Waals surface area contributed by atoms with E-state index in [9.17, 15) is 14.7 Å². The summed E-state index contributed by atoms with van der Waals surface area (Å²) in [5.74, 6) is -1.68. The molecule has 4 atom stereocenters. The normalized spacial score (nSPS) is 31.2. The van der Waals surface area contributed by atoms with Gasteiger partial charge >= 0.3 is 5.97 Å². The van der Waals surface area contributed by atoms with Gasteiger partial charge in [-0.2, -0.15) is 0 Å². The molecular weight excluding hydrogens is 278 g/mol. The average Bonchev–Trinajstić information content (AvgIpc) is 3.01. The molecule has 0 radical (unpaired) electrons. The molecule has 2 N–H and O–H groups in total. The van der Waals surface area contributed by atoms with Crippen molar-refractivity contribution >= 4 is 29.2 Å². The second-order valence-electron chi connectivity index (χ2n) is 5.69. The quantitative estimate of drug-likeness (QED) is 0.900. The van der Waals surface area contributed by atoms with Gasteiger partial charge in [-0.05, 0) is 43.2 Å². The van der Waals surface area contributed by atoms with Gasteiger partial charge in [-0.25, -0.2) is 0 Å². The van der Waals surface area contributed by atoms with Crippen molar-refractivity contribution in [1.29, 1.82) is 0 Å². The molecular formula is C15H16ClNO3. The average molecular weight is 294 g/mol. The number of carboxylic acid groups (broad SMARTS) is 1. The SMILES string of the molecule is O=C(O)[C@H]1[C@H]2CC[C@@H](C2)[C@@H]1C(=O)Nc1ccccc1Cl. The van der Waals surface area contributed by atoms with E-state index in [4.69, 9.17) is 11.6 Å². The van der Waals surface area contributed by atoms with Crippen LogP contribution in [-0.4, -0.2) is 17.0 Å². The van der Waals surface area contributed by atoms with E-state index in [1.54, 1.807) is 24.3 Å². The van der Waals surface area contributed by atoms with Gasteiger partial charge in [-0.15, -0.1) is 0 Å². The molecule has 0 heterocycles. The summed E-state index contributed by atoms with van der Waals surface area (Å²) in [5.41, 5.74) is 0.547. The molecule has 1 amide bonds. The standard InChI is InChI=1S/C15H16ClNO3/c16-10-3-1-2-4-11(10)17-14(18)12-8-5-6-9(7-8)13(12)15(19)20/h1-4,8-9,12-13H,5-7H2,(H,17,18)(H,19,20)/t8-,9-,12-,13-/m0/s1. The Bertz CT molecular complexity index is 560. The number of carboxylic acids is 1. The highest BCUT2D eigenvalue weighted by molar-refractivity contribution is 6.33. The number of hydrogen-bond donors (Lipinski definition) is 2. The molecule has 1 aromatic carbocycles. The number of para-hydroxylation sites is 1. The summed E-state index contributed by atoms with van der Waals surface area (Å²) in [6, 6.07) is 7.00. The lowest BCUT2D eigenvalue weighted by Crippen LogP contribution is -2.37. The lowest BCUT2D eigenvalue weighted by molar-refractivity contribution is -0.148. The first-order valence-electron chi connectivity index (χ1n) is 6.86. The van der Waals surface area contributed by atoms with Crippen molar-refractivity contribution in [2.75, 3.05) is 5.32 Å². The lowest BCUT2D eigenvalue weighted by atomic mass is 9.78. The molecule has 2 saturated carbocycles. The van der Waals surface area contributed by atoms with Crippen LogP contribution < -0.4 is 5.32 Å². The number of fused-ring (bicyclic) bond motifs is 2. The van der Waals surface area contributed by atoms with Crippen LogP contribution in [0.5, 0.6) is 0 Å². The maximum Gasteiger partial charge on any atom is 0.307 e. The number of carbonyl (C=O) groups excluding carboxylic acids is 1. The zero-order valence-electron chi connectivity index (χ0n) is 10.9. The molecule has 2 aliphatic rings. The van der Waals surface area contributed by atoms with Crippen LogP contribution in [0, 0.1) is 23.7 Å². The number of rotatable bonds is 3. The van der Waals surface area contributed by atoms with Crippen molar-refractivity contribution in [3.05, 3.63) is 29.3 Å². The van der Waals surface area contributed by atoms with Crippen LogP contribution in [-0.2, 0) is 9.59 Å². The predicted molar refractivity (Wildman–Crippen MR) is 75.5 cm³/mol. The maximum absolute atomic E-state index is 12.4. The molecule has 3 rings (SSSR count). The Morgan fingerprint density at radius 3 is 2.45 bits per heavy atom. The lowest BCUT2D eigenvalue weighted by Gasteiger charge is -2.27. The third kappa shape index (κ3) is 2.18. The summed E-state index contributed by atoms with van der Waals surface area (Å²) in [5, 5.41) is 12.6. The summed E-state index contributed by atoms with van der Waals surface area (Å²) in [4.78, 5) is 23.9. The van der Waals surface area contributed by atoms with Gasteiger partial charge in [0.1, 0.15) is 0 Å². The first kappa shape index (κ1) is 13.4.